The van der Waals surface area contributed by atoms with Gasteiger partial charge >= 0.3 is 0 Å². The van der Waals surface area contributed by atoms with E-state index in [1.54, 1.807) is 12.1 Å². The summed E-state index contributed by atoms with van der Waals surface area (Å²) in [5.74, 6) is 1.72. The second kappa shape index (κ2) is 7.28. The Morgan fingerprint density at radius 3 is 2.71 bits per heavy atom. The molecule has 1 rings (SSSR count). The average molecular weight is 237 g/mol. The Hall–Kier alpha value is -1.09. The number of carbonyl (C=O) groups is 1. The van der Waals surface area contributed by atoms with Crippen molar-refractivity contribution in [3.63, 3.8) is 0 Å². The van der Waals surface area contributed by atoms with Gasteiger partial charge in [-0.25, -0.2) is 0 Å². The summed E-state index contributed by atoms with van der Waals surface area (Å²) in [4.78, 5) is 12.0. The number of carbonyl (C=O) groups excluding carboxylic acids is 1. The molecule has 2 N–H and O–H groups in total. The van der Waals surface area contributed by atoms with Crippen LogP contribution in [0.4, 0.5) is 0 Å². The van der Waals surface area contributed by atoms with E-state index in [2.05, 4.69) is 13.8 Å². The van der Waals surface area contributed by atoms with E-state index < -0.39 is 0 Å². The summed E-state index contributed by atoms with van der Waals surface area (Å²) >= 11 is 0. The average Bonchev–Trinajstić information content (AvgIpc) is 2.83. The highest BCUT2D eigenvalue weighted by Gasteiger charge is 2.16. The van der Waals surface area contributed by atoms with E-state index in [0.717, 1.165) is 12.8 Å². The Kier molecular flexibility index (Phi) is 5.98. The first-order chi connectivity index (χ1) is 8.21. The van der Waals surface area contributed by atoms with E-state index in [0.29, 0.717) is 30.4 Å². The highest BCUT2D eigenvalue weighted by molar-refractivity contribution is 5.93. The maximum atomic E-state index is 12.0. The molecule has 0 saturated carbocycles. The summed E-state index contributed by atoms with van der Waals surface area (Å²) in [5.41, 5.74) is 5.45. The van der Waals surface area contributed by atoms with Crippen LogP contribution in [-0.4, -0.2) is 5.78 Å². The van der Waals surface area contributed by atoms with Gasteiger partial charge in [0, 0.05) is 6.42 Å². The molecule has 3 nitrogen and oxygen atoms in total. The molecule has 0 bridgehead atoms. The first-order valence-corrected chi connectivity index (χ1v) is 6.53. The number of furan rings is 1. The zero-order valence-corrected chi connectivity index (χ0v) is 10.9. The normalized spacial score (nSPS) is 12.6. The lowest BCUT2D eigenvalue weighted by atomic mass is 9.93. The van der Waals surface area contributed by atoms with Gasteiger partial charge in [-0.2, -0.15) is 0 Å². The van der Waals surface area contributed by atoms with Crippen LogP contribution in [0.25, 0.3) is 0 Å². The van der Waals surface area contributed by atoms with Crippen LogP contribution >= 0.6 is 0 Å². The van der Waals surface area contributed by atoms with Gasteiger partial charge in [-0.1, -0.05) is 39.5 Å². The van der Waals surface area contributed by atoms with E-state index in [1.807, 2.05) is 0 Å². The van der Waals surface area contributed by atoms with E-state index in [1.165, 1.54) is 12.8 Å². The van der Waals surface area contributed by atoms with Gasteiger partial charge in [0.1, 0.15) is 5.76 Å². The minimum Gasteiger partial charge on any atom is -0.457 e. The predicted octanol–water partition coefficient (Wildman–Crippen LogP) is 3.53. The Morgan fingerprint density at radius 2 is 2.18 bits per heavy atom. The Balaban J connectivity index is 2.51. The summed E-state index contributed by atoms with van der Waals surface area (Å²) < 4.78 is 5.37. The van der Waals surface area contributed by atoms with E-state index in [9.17, 15) is 4.79 Å². The zero-order valence-electron chi connectivity index (χ0n) is 10.9. The SMILES string of the molecule is CCCCC(CC)CC(=O)c1ccc(CN)o1. The molecule has 0 amide bonds. The molecule has 0 fully saturated rings. The summed E-state index contributed by atoms with van der Waals surface area (Å²) in [6, 6.07) is 3.51. The van der Waals surface area contributed by atoms with Crippen molar-refractivity contribution in [2.45, 2.75) is 52.5 Å². The third-order valence-corrected chi connectivity index (χ3v) is 3.16. The quantitative estimate of drug-likeness (QED) is 0.704. The maximum absolute atomic E-state index is 12.0. The topological polar surface area (TPSA) is 56.2 Å². The first kappa shape index (κ1) is 14.0. The maximum Gasteiger partial charge on any atom is 0.198 e. The molecule has 17 heavy (non-hydrogen) atoms. The van der Waals surface area contributed by atoms with Crippen LogP contribution in [0.15, 0.2) is 16.5 Å². The lowest BCUT2D eigenvalue weighted by Crippen LogP contribution is -2.07. The molecule has 0 saturated heterocycles. The van der Waals surface area contributed by atoms with Crippen LogP contribution in [0.3, 0.4) is 0 Å². The van der Waals surface area contributed by atoms with Crippen molar-refractivity contribution in [3.8, 4) is 0 Å². The number of Topliss-reactive ketones (excluding diaryl/α,β-unsaturated/α-hetero) is 1. The molecule has 0 aliphatic rings. The van der Waals surface area contributed by atoms with E-state index in [4.69, 9.17) is 10.2 Å². The zero-order chi connectivity index (χ0) is 12.7. The van der Waals surface area contributed by atoms with Crippen molar-refractivity contribution in [1.82, 2.24) is 0 Å². The van der Waals surface area contributed by atoms with Crippen molar-refractivity contribution >= 4 is 5.78 Å². The minimum atomic E-state index is 0.104. The molecule has 0 aliphatic carbocycles. The molecule has 0 spiro atoms. The van der Waals surface area contributed by atoms with Gasteiger partial charge < -0.3 is 10.2 Å². The van der Waals surface area contributed by atoms with Crippen molar-refractivity contribution in [2.24, 2.45) is 11.7 Å². The standard InChI is InChI=1S/C14H23NO2/c1-3-5-6-11(4-2)9-13(16)14-8-7-12(10-15)17-14/h7-8,11H,3-6,9-10,15H2,1-2H3. The van der Waals surface area contributed by atoms with Gasteiger partial charge in [-0.05, 0) is 18.1 Å². The van der Waals surface area contributed by atoms with Crippen molar-refractivity contribution in [2.75, 3.05) is 0 Å². The first-order valence-electron chi connectivity index (χ1n) is 6.53. The van der Waals surface area contributed by atoms with Crippen molar-refractivity contribution in [1.29, 1.82) is 0 Å². The van der Waals surface area contributed by atoms with Crippen LogP contribution < -0.4 is 5.73 Å². The largest absolute Gasteiger partial charge is 0.457 e. The minimum absolute atomic E-state index is 0.104. The number of hydrogen-bond donors (Lipinski definition) is 1. The van der Waals surface area contributed by atoms with Crippen LogP contribution in [0.5, 0.6) is 0 Å². The highest BCUT2D eigenvalue weighted by Crippen LogP contribution is 2.20. The summed E-state index contributed by atoms with van der Waals surface area (Å²) in [5, 5.41) is 0. The van der Waals surface area contributed by atoms with Gasteiger partial charge in [-0.15, -0.1) is 0 Å². The molecule has 1 aromatic rings. The molecular formula is C14H23NO2. The number of nitrogens with two attached hydrogens (primary N) is 1. The Bertz CT molecular complexity index is 344. The van der Waals surface area contributed by atoms with Crippen molar-refractivity contribution in [3.05, 3.63) is 23.7 Å². The summed E-state index contributed by atoms with van der Waals surface area (Å²) in [7, 11) is 0. The molecule has 0 radical (unpaired) electrons. The molecule has 0 aromatic carbocycles. The number of rotatable bonds is 8. The molecule has 0 aliphatic heterocycles. The Labute approximate surface area is 103 Å². The third kappa shape index (κ3) is 4.35. The predicted molar refractivity (Wildman–Crippen MR) is 68.9 cm³/mol. The van der Waals surface area contributed by atoms with Crippen LogP contribution in [0, 0.1) is 5.92 Å². The molecule has 1 aromatic heterocycles. The molecule has 3 heteroatoms. The van der Waals surface area contributed by atoms with Crippen LogP contribution in [-0.2, 0) is 6.54 Å². The second-order valence-electron chi connectivity index (χ2n) is 4.51. The smallest absolute Gasteiger partial charge is 0.198 e. The van der Waals surface area contributed by atoms with Crippen LogP contribution in [0.2, 0.25) is 0 Å². The van der Waals surface area contributed by atoms with Crippen molar-refractivity contribution < 1.29 is 9.21 Å². The number of ketones is 1. The summed E-state index contributed by atoms with van der Waals surface area (Å²) in [6.07, 6.45) is 5.15. The third-order valence-electron chi connectivity index (χ3n) is 3.16. The summed E-state index contributed by atoms with van der Waals surface area (Å²) in [6.45, 7) is 4.66. The van der Waals surface area contributed by atoms with Gasteiger partial charge in [0.25, 0.3) is 0 Å². The number of unbranched alkanes of at least 4 members (excludes halogenated alkanes) is 1. The molecular weight excluding hydrogens is 214 g/mol. The second-order valence-corrected chi connectivity index (χ2v) is 4.51. The van der Waals surface area contributed by atoms with Gasteiger partial charge in [-0.3, -0.25) is 4.79 Å². The fourth-order valence-electron chi connectivity index (χ4n) is 1.94. The van der Waals surface area contributed by atoms with Gasteiger partial charge in [0.15, 0.2) is 11.5 Å². The molecule has 1 heterocycles. The lowest BCUT2D eigenvalue weighted by Gasteiger charge is -2.12. The van der Waals surface area contributed by atoms with Crippen LogP contribution in [0.1, 0.15) is 62.3 Å². The fraction of sp³-hybridized carbons (Fsp3) is 0.643. The molecule has 96 valence electrons. The van der Waals surface area contributed by atoms with Gasteiger partial charge in [0.2, 0.25) is 0 Å². The fourth-order valence-corrected chi connectivity index (χ4v) is 1.94. The molecule has 1 unspecified atom stereocenters. The van der Waals surface area contributed by atoms with Gasteiger partial charge in [0.05, 0.1) is 6.54 Å². The van der Waals surface area contributed by atoms with E-state index in [-0.39, 0.29) is 5.78 Å². The monoisotopic (exact) mass is 237 g/mol. The number of hydrogen-bond acceptors (Lipinski definition) is 3. The molecule has 1 atom stereocenters. The lowest BCUT2D eigenvalue weighted by molar-refractivity contribution is 0.0928. The highest BCUT2D eigenvalue weighted by atomic mass is 16.3. The van der Waals surface area contributed by atoms with E-state index >= 15 is 0 Å². The Morgan fingerprint density at radius 1 is 1.41 bits per heavy atom.